The van der Waals surface area contributed by atoms with E-state index in [4.69, 9.17) is 5.73 Å². The third-order valence-corrected chi connectivity index (χ3v) is 3.84. The van der Waals surface area contributed by atoms with Gasteiger partial charge in [0.25, 0.3) is 0 Å². The van der Waals surface area contributed by atoms with E-state index >= 15 is 0 Å². The fourth-order valence-corrected chi connectivity index (χ4v) is 2.86. The minimum Gasteiger partial charge on any atom is -0.329 e. The molecule has 0 radical (unpaired) electrons. The van der Waals surface area contributed by atoms with E-state index in [0.717, 1.165) is 12.6 Å². The topological polar surface area (TPSA) is 29.3 Å². The maximum atomic E-state index is 5.90. The van der Waals surface area contributed by atoms with Gasteiger partial charge < -0.3 is 5.73 Å². The smallest absolute Gasteiger partial charge is 0.0334 e. The number of nitrogens with two attached hydrogens (primary N) is 1. The first-order chi connectivity index (χ1) is 5.78. The van der Waals surface area contributed by atoms with Crippen LogP contribution in [0.4, 0.5) is 0 Å². The second-order valence-electron chi connectivity index (χ2n) is 4.47. The molecule has 2 nitrogen and oxygen atoms in total. The van der Waals surface area contributed by atoms with E-state index in [0.29, 0.717) is 5.54 Å². The van der Waals surface area contributed by atoms with Crippen molar-refractivity contribution in [3.8, 4) is 0 Å². The molecule has 1 aliphatic carbocycles. The van der Waals surface area contributed by atoms with Crippen LogP contribution in [0, 0.1) is 0 Å². The van der Waals surface area contributed by atoms with Gasteiger partial charge in [-0.3, -0.25) is 4.90 Å². The maximum Gasteiger partial charge on any atom is 0.0334 e. The molecule has 2 aliphatic rings. The van der Waals surface area contributed by atoms with E-state index in [1.54, 1.807) is 0 Å². The third kappa shape index (κ3) is 1.09. The van der Waals surface area contributed by atoms with Gasteiger partial charge >= 0.3 is 0 Å². The van der Waals surface area contributed by atoms with Crippen LogP contribution >= 0.6 is 0 Å². The van der Waals surface area contributed by atoms with Crippen LogP contribution < -0.4 is 5.73 Å². The summed E-state index contributed by atoms with van der Waals surface area (Å²) in [6.07, 6.45) is 6.84. The fourth-order valence-electron chi connectivity index (χ4n) is 2.86. The molecular weight excluding hydrogens is 148 g/mol. The number of hydrogen-bond donors (Lipinski definition) is 1. The first kappa shape index (κ1) is 8.52. The highest BCUT2D eigenvalue weighted by atomic mass is 15.3. The number of rotatable bonds is 2. The molecule has 12 heavy (non-hydrogen) atoms. The van der Waals surface area contributed by atoms with Crippen molar-refractivity contribution in [3.05, 3.63) is 0 Å². The summed E-state index contributed by atoms with van der Waals surface area (Å²) in [7, 11) is 0. The molecule has 0 amide bonds. The molecule has 0 bridgehead atoms. The van der Waals surface area contributed by atoms with Gasteiger partial charge in [-0.2, -0.15) is 0 Å². The molecule has 0 aromatic heterocycles. The van der Waals surface area contributed by atoms with E-state index < -0.39 is 0 Å². The Morgan fingerprint density at radius 1 is 1.42 bits per heavy atom. The van der Waals surface area contributed by atoms with Crippen molar-refractivity contribution in [2.45, 2.75) is 50.6 Å². The lowest BCUT2D eigenvalue weighted by Crippen LogP contribution is -2.61. The Hall–Kier alpha value is -0.0800. The molecular formula is C10H20N2. The SMILES string of the molecule is CC1CCN1C1(CN)CCCC1. The van der Waals surface area contributed by atoms with Crippen LogP contribution in [0.2, 0.25) is 0 Å². The molecule has 1 atom stereocenters. The average molecular weight is 168 g/mol. The summed E-state index contributed by atoms with van der Waals surface area (Å²) in [4.78, 5) is 2.64. The van der Waals surface area contributed by atoms with Crippen molar-refractivity contribution in [3.63, 3.8) is 0 Å². The van der Waals surface area contributed by atoms with Crippen LogP contribution in [-0.2, 0) is 0 Å². The summed E-state index contributed by atoms with van der Waals surface area (Å²) in [6, 6.07) is 0.798. The van der Waals surface area contributed by atoms with Crippen molar-refractivity contribution in [2.75, 3.05) is 13.1 Å². The maximum absolute atomic E-state index is 5.90. The Labute approximate surface area is 75.1 Å². The predicted molar refractivity (Wildman–Crippen MR) is 51.0 cm³/mol. The summed E-state index contributed by atoms with van der Waals surface area (Å²) in [5, 5.41) is 0. The summed E-state index contributed by atoms with van der Waals surface area (Å²) in [5.41, 5.74) is 6.31. The zero-order valence-electron chi connectivity index (χ0n) is 8.05. The first-order valence-corrected chi connectivity index (χ1v) is 5.25. The molecule has 2 fully saturated rings. The number of likely N-dealkylation sites (tertiary alicyclic amines) is 1. The van der Waals surface area contributed by atoms with Gasteiger partial charge in [-0.15, -0.1) is 0 Å². The van der Waals surface area contributed by atoms with Crippen LogP contribution in [0.3, 0.4) is 0 Å². The van der Waals surface area contributed by atoms with E-state index in [1.807, 2.05) is 0 Å². The van der Waals surface area contributed by atoms with Gasteiger partial charge in [0.15, 0.2) is 0 Å². The van der Waals surface area contributed by atoms with Crippen molar-refractivity contribution in [2.24, 2.45) is 5.73 Å². The normalized spacial score (nSPS) is 35.0. The number of nitrogens with zero attached hydrogens (tertiary/aromatic N) is 1. The zero-order chi connectivity index (χ0) is 8.60. The van der Waals surface area contributed by atoms with Gasteiger partial charge in [0, 0.05) is 24.7 Å². The predicted octanol–water partition coefficient (Wildman–Crippen LogP) is 1.35. The molecule has 0 aromatic rings. The van der Waals surface area contributed by atoms with E-state index in [1.165, 1.54) is 38.6 Å². The summed E-state index contributed by atoms with van der Waals surface area (Å²) in [5.74, 6) is 0. The second-order valence-corrected chi connectivity index (χ2v) is 4.47. The van der Waals surface area contributed by atoms with Crippen LogP contribution in [0.1, 0.15) is 39.0 Å². The molecule has 70 valence electrons. The molecule has 2 heteroatoms. The Morgan fingerprint density at radius 2 is 2.08 bits per heavy atom. The minimum atomic E-state index is 0.414. The van der Waals surface area contributed by atoms with Crippen molar-refractivity contribution in [1.82, 2.24) is 4.90 Å². The standard InChI is InChI=1S/C10H20N2/c1-9-4-7-12(9)10(8-11)5-2-3-6-10/h9H,2-8,11H2,1H3. The molecule has 1 saturated carbocycles. The summed E-state index contributed by atoms with van der Waals surface area (Å²) in [6.45, 7) is 4.49. The average Bonchev–Trinajstić information content (AvgIpc) is 2.51. The summed E-state index contributed by atoms with van der Waals surface area (Å²) < 4.78 is 0. The Morgan fingerprint density at radius 3 is 2.42 bits per heavy atom. The van der Waals surface area contributed by atoms with E-state index in [2.05, 4.69) is 11.8 Å². The van der Waals surface area contributed by atoms with Crippen molar-refractivity contribution < 1.29 is 0 Å². The lowest BCUT2D eigenvalue weighted by atomic mass is 9.88. The van der Waals surface area contributed by atoms with Crippen molar-refractivity contribution >= 4 is 0 Å². The van der Waals surface area contributed by atoms with Gasteiger partial charge in [0.1, 0.15) is 0 Å². The number of hydrogen-bond acceptors (Lipinski definition) is 2. The highest BCUT2D eigenvalue weighted by molar-refractivity contribution is 5.01. The Kier molecular flexibility index (Phi) is 2.13. The van der Waals surface area contributed by atoms with E-state index in [9.17, 15) is 0 Å². The first-order valence-electron chi connectivity index (χ1n) is 5.25. The molecule has 0 spiro atoms. The lowest BCUT2D eigenvalue weighted by molar-refractivity contribution is -0.0115. The second kappa shape index (κ2) is 3.00. The zero-order valence-corrected chi connectivity index (χ0v) is 8.05. The van der Waals surface area contributed by atoms with Gasteiger partial charge in [0.2, 0.25) is 0 Å². The van der Waals surface area contributed by atoms with Gasteiger partial charge in [-0.25, -0.2) is 0 Å². The lowest BCUT2D eigenvalue weighted by Gasteiger charge is -2.51. The van der Waals surface area contributed by atoms with Crippen LogP contribution in [-0.4, -0.2) is 29.6 Å². The molecule has 1 saturated heterocycles. The van der Waals surface area contributed by atoms with Crippen LogP contribution in [0.5, 0.6) is 0 Å². The van der Waals surface area contributed by atoms with Gasteiger partial charge in [0.05, 0.1) is 0 Å². The Bertz CT molecular complexity index is 161. The molecule has 1 aliphatic heterocycles. The summed E-state index contributed by atoms with van der Waals surface area (Å²) >= 11 is 0. The quantitative estimate of drug-likeness (QED) is 0.674. The van der Waals surface area contributed by atoms with Crippen molar-refractivity contribution in [1.29, 1.82) is 0 Å². The van der Waals surface area contributed by atoms with Crippen LogP contribution in [0.25, 0.3) is 0 Å². The molecule has 2 N–H and O–H groups in total. The Balaban J connectivity index is 2.05. The fraction of sp³-hybridized carbons (Fsp3) is 1.00. The van der Waals surface area contributed by atoms with E-state index in [-0.39, 0.29) is 0 Å². The highest BCUT2D eigenvalue weighted by Crippen LogP contribution is 2.39. The minimum absolute atomic E-state index is 0.414. The monoisotopic (exact) mass is 168 g/mol. The van der Waals surface area contributed by atoms with Crippen LogP contribution in [0.15, 0.2) is 0 Å². The third-order valence-electron chi connectivity index (χ3n) is 3.84. The molecule has 1 heterocycles. The molecule has 2 rings (SSSR count). The molecule has 1 unspecified atom stereocenters. The largest absolute Gasteiger partial charge is 0.329 e. The van der Waals surface area contributed by atoms with Gasteiger partial charge in [-0.05, 0) is 26.2 Å². The van der Waals surface area contributed by atoms with Gasteiger partial charge in [-0.1, -0.05) is 12.8 Å². The molecule has 0 aromatic carbocycles. The highest BCUT2D eigenvalue weighted by Gasteiger charge is 2.43.